The second-order valence-corrected chi connectivity index (χ2v) is 8.23. The Bertz CT molecular complexity index is 828. The molecule has 0 atom stereocenters. The molecule has 10 nitrogen and oxygen atoms in total. The lowest BCUT2D eigenvalue weighted by molar-refractivity contribution is 0.443. The molecule has 1 fully saturated rings. The minimum atomic E-state index is -3.33. The van der Waals surface area contributed by atoms with E-state index in [4.69, 9.17) is 0 Å². The number of aromatic nitrogens is 4. The van der Waals surface area contributed by atoms with Gasteiger partial charge in [-0.15, -0.1) is 0 Å². The van der Waals surface area contributed by atoms with Gasteiger partial charge in [-0.1, -0.05) is 0 Å². The largest absolute Gasteiger partial charge is 0.353 e. The first-order chi connectivity index (χ1) is 11.9. The molecule has 3 N–H and O–H groups in total. The fourth-order valence-electron chi connectivity index (χ4n) is 2.61. The fraction of sp³-hybridized carbons (Fsp3) is 0.643. The van der Waals surface area contributed by atoms with E-state index in [9.17, 15) is 8.42 Å². The molecule has 1 aliphatic rings. The quantitative estimate of drug-likeness (QED) is 0.559. The lowest BCUT2D eigenvalue weighted by Crippen LogP contribution is -2.57. The van der Waals surface area contributed by atoms with Crippen LogP contribution < -0.4 is 20.3 Å². The average molecular weight is 368 g/mol. The fourth-order valence-corrected chi connectivity index (χ4v) is 3.82. The predicted octanol–water partition coefficient (Wildman–Crippen LogP) is -0.728. The first-order valence-electron chi connectivity index (χ1n) is 8.26. The van der Waals surface area contributed by atoms with Crippen molar-refractivity contribution in [3.05, 3.63) is 12.3 Å². The van der Waals surface area contributed by atoms with E-state index in [1.165, 1.54) is 0 Å². The summed E-state index contributed by atoms with van der Waals surface area (Å²) in [5.41, 5.74) is 0.670. The predicted molar refractivity (Wildman–Crippen MR) is 96.4 cm³/mol. The molecule has 0 spiro atoms. The molecule has 11 heteroatoms. The molecule has 1 saturated heterocycles. The Morgan fingerprint density at radius 1 is 1.32 bits per heavy atom. The summed E-state index contributed by atoms with van der Waals surface area (Å²) in [5, 5.41) is 10.5. The van der Waals surface area contributed by atoms with Crippen molar-refractivity contribution in [1.82, 2.24) is 29.6 Å². The number of nitrogens with one attached hydrogen (secondary N) is 3. The van der Waals surface area contributed by atoms with Gasteiger partial charge >= 0.3 is 0 Å². The number of likely N-dealkylation sites (N-methyl/N-ethyl adjacent to an activating group) is 1. The molecule has 0 radical (unpaired) electrons. The van der Waals surface area contributed by atoms with Crippen molar-refractivity contribution < 1.29 is 8.42 Å². The van der Waals surface area contributed by atoms with Crippen molar-refractivity contribution in [2.24, 2.45) is 0 Å². The van der Waals surface area contributed by atoms with E-state index in [0.29, 0.717) is 23.6 Å². The zero-order chi connectivity index (χ0) is 18.0. The van der Waals surface area contributed by atoms with Crippen LogP contribution in [0, 0.1) is 0 Å². The van der Waals surface area contributed by atoms with Gasteiger partial charge in [0.15, 0.2) is 5.65 Å². The van der Waals surface area contributed by atoms with E-state index in [2.05, 4.69) is 35.3 Å². The number of fused-ring (bicyclic) bond motifs is 1. The van der Waals surface area contributed by atoms with Crippen LogP contribution in [-0.4, -0.2) is 72.5 Å². The Morgan fingerprint density at radius 2 is 2.08 bits per heavy atom. The van der Waals surface area contributed by atoms with Crippen molar-refractivity contribution in [2.45, 2.75) is 25.9 Å². The highest BCUT2D eigenvalue weighted by atomic mass is 32.2. The number of anilines is 2. The van der Waals surface area contributed by atoms with Gasteiger partial charge in [-0.05, 0) is 20.9 Å². The smallest absolute Gasteiger partial charge is 0.230 e. The third kappa shape index (κ3) is 4.17. The summed E-state index contributed by atoms with van der Waals surface area (Å²) in [4.78, 5) is 11.1. The van der Waals surface area contributed by atoms with Crippen LogP contribution in [0.5, 0.6) is 0 Å². The van der Waals surface area contributed by atoms with E-state index < -0.39 is 10.0 Å². The summed E-state index contributed by atoms with van der Waals surface area (Å²) in [6.07, 6.45) is 1.64. The van der Waals surface area contributed by atoms with Crippen molar-refractivity contribution in [2.75, 3.05) is 42.7 Å². The highest BCUT2D eigenvalue weighted by Crippen LogP contribution is 2.19. The molecule has 0 aliphatic carbocycles. The van der Waals surface area contributed by atoms with Gasteiger partial charge in [0.2, 0.25) is 21.9 Å². The number of nitrogens with zero attached hydrogens (tertiary/aromatic N) is 5. The Hall–Kier alpha value is -1.98. The highest BCUT2D eigenvalue weighted by Gasteiger charge is 2.28. The molecule has 1 aliphatic heterocycles. The minimum Gasteiger partial charge on any atom is -0.353 e. The molecule has 3 rings (SSSR count). The minimum absolute atomic E-state index is 0.0428. The molecule has 0 unspecified atom stereocenters. The van der Waals surface area contributed by atoms with Crippen LogP contribution in [0.3, 0.4) is 0 Å². The normalized spacial score (nSPS) is 15.8. The van der Waals surface area contributed by atoms with Crippen molar-refractivity contribution in [3.8, 4) is 0 Å². The van der Waals surface area contributed by atoms with Crippen molar-refractivity contribution in [1.29, 1.82) is 0 Å². The number of rotatable bonds is 8. The van der Waals surface area contributed by atoms with Gasteiger partial charge in [0.1, 0.15) is 0 Å². The number of hydrogen-bond donors (Lipinski definition) is 3. The second-order valence-electron chi connectivity index (χ2n) is 6.36. The lowest BCUT2D eigenvalue weighted by atomic mass is 10.1. The van der Waals surface area contributed by atoms with Crippen LogP contribution in [0.15, 0.2) is 12.3 Å². The standard InChI is InChI=1S/C14H24N8O2S/c1-10(2)20-25(23,24)7-6-16-13-19-14(21-8-11(9-21)15-3)18-12-4-5-17-22(12)13/h4-5,10-11,15,20H,6-9H2,1-3H3,(H,16,18,19). The molecular formula is C14H24N8O2S. The lowest BCUT2D eigenvalue weighted by Gasteiger charge is -2.39. The molecule has 2 aromatic heterocycles. The summed E-state index contributed by atoms with van der Waals surface area (Å²) in [5.74, 6) is 1.06. The molecule has 0 bridgehead atoms. The first kappa shape index (κ1) is 17.8. The SMILES string of the molecule is CNC1CN(c2nc(NCCS(=O)(=O)NC(C)C)n3nccc3n2)C1. The van der Waals surface area contributed by atoms with Crippen molar-refractivity contribution >= 4 is 27.6 Å². The Balaban J connectivity index is 1.71. The van der Waals surface area contributed by atoms with Crippen molar-refractivity contribution in [3.63, 3.8) is 0 Å². The monoisotopic (exact) mass is 368 g/mol. The van der Waals surface area contributed by atoms with Gasteiger partial charge in [-0.2, -0.15) is 19.6 Å². The molecule has 25 heavy (non-hydrogen) atoms. The van der Waals surface area contributed by atoms with Gasteiger partial charge in [0.05, 0.1) is 11.9 Å². The third-order valence-electron chi connectivity index (χ3n) is 3.89. The topological polar surface area (TPSA) is 117 Å². The van der Waals surface area contributed by atoms with Gasteiger partial charge in [0, 0.05) is 37.8 Å². The van der Waals surface area contributed by atoms with Crippen LogP contribution in [0.4, 0.5) is 11.9 Å². The Labute approximate surface area is 147 Å². The van der Waals surface area contributed by atoms with Crippen LogP contribution in [0.1, 0.15) is 13.8 Å². The maximum absolute atomic E-state index is 11.9. The molecule has 3 heterocycles. The molecule has 0 saturated carbocycles. The molecule has 138 valence electrons. The van der Waals surface area contributed by atoms with Crippen LogP contribution in [0.2, 0.25) is 0 Å². The maximum atomic E-state index is 11.9. The second kappa shape index (κ2) is 7.10. The number of sulfonamides is 1. The molecule has 0 aromatic carbocycles. The number of hydrogen-bond acceptors (Lipinski definition) is 8. The summed E-state index contributed by atoms with van der Waals surface area (Å²) in [6.45, 7) is 5.49. The average Bonchev–Trinajstić information content (AvgIpc) is 2.93. The Kier molecular flexibility index (Phi) is 5.06. The zero-order valence-electron chi connectivity index (χ0n) is 14.6. The van der Waals surface area contributed by atoms with Crippen LogP contribution in [-0.2, 0) is 10.0 Å². The third-order valence-corrected chi connectivity index (χ3v) is 5.46. The van der Waals surface area contributed by atoms with E-state index in [-0.39, 0.29) is 18.3 Å². The maximum Gasteiger partial charge on any atom is 0.230 e. The van der Waals surface area contributed by atoms with Gasteiger partial charge < -0.3 is 15.5 Å². The summed E-state index contributed by atoms with van der Waals surface area (Å²) in [7, 11) is -1.39. The van der Waals surface area contributed by atoms with E-state index in [0.717, 1.165) is 13.1 Å². The van der Waals surface area contributed by atoms with E-state index in [1.54, 1.807) is 30.6 Å². The Morgan fingerprint density at radius 3 is 2.76 bits per heavy atom. The van der Waals surface area contributed by atoms with E-state index >= 15 is 0 Å². The van der Waals surface area contributed by atoms with Gasteiger partial charge in [0.25, 0.3) is 0 Å². The summed E-state index contributed by atoms with van der Waals surface area (Å²) >= 11 is 0. The highest BCUT2D eigenvalue weighted by molar-refractivity contribution is 7.89. The van der Waals surface area contributed by atoms with Gasteiger partial charge in [-0.3, -0.25) is 0 Å². The zero-order valence-corrected chi connectivity index (χ0v) is 15.4. The van der Waals surface area contributed by atoms with Crippen LogP contribution >= 0.6 is 0 Å². The van der Waals surface area contributed by atoms with E-state index in [1.807, 2.05) is 7.05 Å². The first-order valence-corrected chi connectivity index (χ1v) is 9.91. The van der Waals surface area contributed by atoms with Crippen LogP contribution in [0.25, 0.3) is 5.65 Å². The summed E-state index contributed by atoms with van der Waals surface area (Å²) < 4.78 is 28.0. The van der Waals surface area contributed by atoms with Gasteiger partial charge in [-0.25, -0.2) is 13.1 Å². The molecule has 0 amide bonds. The molecular weight excluding hydrogens is 344 g/mol. The molecule has 2 aromatic rings. The summed E-state index contributed by atoms with van der Waals surface area (Å²) in [6, 6.07) is 2.11.